The molecule has 0 aliphatic heterocycles. The number of fused-ring (bicyclic) bond motifs is 1. The van der Waals surface area contributed by atoms with Crippen LogP contribution in [0, 0.1) is 11.7 Å². The van der Waals surface area contributed by atoms with E-state index in [2.05, 4.69) is 30.7 Å². The molecule has 2 atom stereocenters. The lowest BCUT2D eigenvalue weighted by Gasteiger charge is -2.32. The number of anilines is 3. The first-order valence-electron chi connectivity index (χ1n) is 11.3. The number of rotatable bonds is 7. The molecule has 36 heavy (non-hydrogen) atoms. The first-order chi connectivity index (χ1) is 17.5. The lowest BCUT2D eigenvalue weighted by Crippen LogP contribution is -2.34. The van der Waals surface area contributed by atoms with Crippen LogP contribution >= 0.6 is 0 Å². The van der Waals surface area contributed by atoms with Crippen LogP contribution in [0.4, 0.5) is 21.7 Å². The predicted molar refractivity (Wildman–Crippen MR) is 132 cm³/mol. The molecular formula is C24H23FN8O3. The van der Waals surface area contributed by atoms with Gasteiger partial charge in [-0.2, -0.15) is 9.61 Å². The minimum Gasteiger partial charge on any atom is -0.381 e. The summed E-state index contributed by atoms with van der Waals surface area (Å²) in [6.07, 6.45) is 7.78. The second-order valence-electron chi connectivity index (χ2n) is 8.20. The molecule has 1 fully saturated rings. The molecular weight excluding hydrogens is 467 g/mol. The number of carbonyl (C=O) groups excluding carboxylic acids is 1. The van der Waals surface area contributed by atoms with Gasteiger partial charge in [0, 0.05) is 44.8 Å². The smallest absolute Gasteiger partial charge is 0.282 e. The Morgan fingerprint density at radius 3 is 2.89 bits per heavy atom. The highest BCUT2D eigenvalue weighted by Gasteiger charge is 2.29. The Balaban J connectivity index is 1.48. The van der Waals surface area contributed by atoms with Gasteiger partial charge in [0.1, 0.15) is 22.9 Å². The minimum absolute atomic E-state index is 0.0739. The zero-order valence-electron chi connectivity index (χ0n) is 19.6. The molecule has 0 radical (unpaired) electrons. The van der Waals surface area contributed by atoms with Crippen LogP contribution in [0.2, 0.25) is 0 Å². The van der Waals surface area contributed by atoms with Crippen molar-refractivity contribution in [2.24, 2.45) is 10.9 Å². The number of nitrogens with zero attached hydrogens (tertiary/aromatic N) is 6. The van der Waals surface area contributed by atoms with Gasteiger partial charge in [-0.15, -0.1) is 0 Å². The normalized spacial score (nSPS) is 17.3. The van der Waals surface area contributed by atoms with Crippen LogP contribution in [-0.2, 0) is 4.74 Å². The number of ether oxygens (including phenoxy) is 1. The van der Waals surface area contributed by atoms with Crippen molar-refractivity contribution < 1.29 is 13.9 Å². The van der Waals surface area contributed by atoms with E-state index in [-0.39, 0.29) is 40.6 Å². The van der Waals surface area contributed by atoms with Crippen molar-refractivity contribution >= 4 is 35.1 Å². The van der Waals surface area contributed by atoms with Crippen molar-refractivity contribution in [2.45, 2.75) is 18.9 Å². The topological polar surface area (TPSA) is 128 Å². The number of amides is 1. The molecule has 184 valence electrons. The van der Waals surface area contributed by atoms with Gasteiger partial charge < -0.3 is 15.4 Å². The number of carbonyl (C=O) groups is 1. The van der Waals surface area contributed by atoms with E-state index < -0.39 is 17.3 Å². The predicted octanol–water partition coefficient (Wildman–Crippen LogP) is 2.84. The van der Waals surface area contributed by atoms with Crippen molar-refractivity contribution in [3.8, 4) is 5.82 Å². The molecule has 1 amide bonds. The molecule has 2 unspecified atom stereocenters. The molecule has 0 spiro atoms. The summed E-state index contributed by atoms with van der Waals surface area (Å²) in [6, 6.07) is 7.44. The van der Waals surface area contributed by atoms with Gasteiger partial charge >= 0.3 is 0 Å². The van der Waals surface area contributed by atoms with Crippen LogP contribution in [0.1, 0.15) is 23.2 Å². The number of hydrogen-bond donors (Lipinski definition) is 2. The minimum atomic E-state index is -0.629. The fraction of sp³-hybridized carbons (Fsp3) is 0.250. The molecule has 1 aliphatic rings. The summed E-state index contributed by atoms with van der Waals surface area (Å²) < 4.78 is 22.2. The molecule has 4 heterocycles. The Kier molecular flexibility index (Phi) is 6.25. The first kappa shape index (κ1) is 23.3. The van der Waals surface area contributed by atoms with Crippen LogP contribution in [0.15, 0.2) is 58.7 Å². The van der Waals surface area contributed by atoms with Crippen molar-refractivity contribution in [1.82, 2.24) is 24.1 Å². The van der Waals surface area contributed by atoms with Gasteiger partial charge in [-0.05, 0) is 37.1 Å². The molecule has 5 rings (SSSR count). The summed E-state index contributed by atoms with van der Waals surface area (Å²) in [6.45, 7) is 0. The molecule has 0 bridgehead atoms. The third kappa shape index (κ3) is 4.22. The van der Waals surface area contributed by atoms with Gasteiger partial charge in [-0.1, -0.05) is 0 Å². The van der Waals surface area contributed by atoms with Gasteiger partial charge in [0.25, 0.3) is 11.5 Å². The lowest BCUT2D eigenvalue weighted by atomic mass is 9.83. The molecule has 4 aromatic rings. The number of methoxy groups -OCH3 is 1. The van der Waals surface area contributed by atoms with Crippen molar-refractivity contribution in [3.63, 3.8) is 0 Å². The van der Waals surface area contributed by atoms with Crippen LogP contribution in [0.3, 0.4) is 0 Å². The fourth-order valence-electron chi connectivity index (χ4n) is 4.00. The number of aliphatic imine (C=N–C) groups is 1. The molecule has 1 saturated carbocycles. The van der Waals surface area contributed by atoms with Crippen molar-refractivity contribution in [3.05, 3.63) is 70.7 Å². The van der Waals surface area contributed by atoms with Gasteiger partial charge in [0.2, 0.25) is 0 Å². The maximum Gasteiger partial charge on any atom is 0.282 e. The van der Waals surface area contributed by atoms with Gasteiger partial charge in [0.05, 0.1) is 12.3 Å². The van der Waals surface area contributed by atoms with Crippen LogP contribution in [-0.4, -0.2) is 56.5 Å². The summed E-state index contributed by atoms with van der Waals surface area (Å²) in [4.78, 5) is 38.5. The van der Waals surface area contributed by atoms with Gasteiger partial charge in [0.15, 0.2) is 17.3 Å². The molecule has 0 saturated heterocycles. The van der Waals surface area contributed by atoms with Crippen LogP contribution in [0.25, 0.3) is 11.5 Å². The summed E-state index contributed by atoms with van der Waals surface area (Å²) in [5, 5.41) is 10.2. The van der Waals surface area contributed by atoms with E-state index in [1.165, 1.54) is 35.2 Å². The average molecular weight is 490 g/mol. The van der Waals surface area contributed by atoms with Crippen LogP contribution < -0.4 is 16.2 Å². The third-order valence-corrected chi connectivity index (χ3v) is 6.08. The average Bonchev–Trinajstić information content (AvgIpc) is 3.29. The number of halogens is 1. The zero-order valence-corrected chi connectivity index (χ0v) is 19.6. The molecule has 0 aromatic carbocycles. The highest BCUT2D eigenvalue weighted by atomic mass is 19.1. The molecule has 11 nitrogen and oxygen atoms in total. The second kappa shape index (κ2) is 9.66. The van der Waals surface area contributed by atoms with E-state index in [9.17, 15) is 14.0 Å². The number of hydrogen-bond acceptors (Lipinski definition) is 8. The lowest BCUT2D eigenvalue weighted by molar-refractivity contribution is 0.0147. The van der Waals surface area contributed by atoms with E-state index in [1.54, 1.807) is 38.6 Å². The Hall–Kier alpha value is -4.45. The molecule has 12 heteroatoms. The first-order valence-corrected chi connectivity index (χ1v) is 11.3. The Morgan fingerprint density at radius 1 is 1.31 bits per heavy atom. The van der Waals surface area contributed by atoms with E-state index >= 15 is 0 Å². The maximum absolute atomic E-state index is 14.2. The largest absolute Gasteiger partial charge is 0.381 e. The molecule has 1 aliphatic carbocycles. The quantitative estimate of drug-likeness (QED) is 0.379. The van der Waals surface area contributed by atoms with Crippen molar-refractivity contribution in [1.29, 1.82) is 0 Å². The summed E-state index contributed by atoms with van der Waals surface area (Å²) >= 11 is 0. The highest BCUT2D eigenvalue weighted by molar-refractivity contribution is 6.04. The summed E-state index contributed by atoms with van der Waals surface area (Å²) in [5.74, 6) is -0.324. The highest BCUT2D eigenvalue weighted by Crippen LogP contribution is 2.28. The molecule has 2 N–H and O–H groups in total. The second-order valence-corrected chi connectivity index (χ2v) is 8.20. The summed E-state index contributed by atoms with van der Waals surface area (Å²) in [7, 11) is 3.34. The van der Waals surface area contributed by atoms with Gasteiger partial charge in [-0.25, -0.2) is 19.4 Å². The van der Waals surface area contributed by atoms with E-state index in [1.807, 2.05) is 0 Å². The van der Waals surface area contributed by atoms with Crippen LogP contribution in [0.5, 0.6) is 0 Å². The number of nitrogens with one attached hydrogen (secondary N) is 2. The number of aromatic nitrogens is 5. The summed E-state index contributed by atoms with van der Waals surface area (Å²) in [5.41, 5.74) is 0.0870. The standard InChI is InChI=1S/C24H23FN8O3/c1-26-20-11-19(30-17-6-4-10-32(24(17)35)22-16(25)5-3-9-27-22)31-21-15(13-29-33(20)21)23(34)28-12-14-7-8-18(14)36-2/h3-6,9-14,18,26H,7-8H2,1-2H3,(H,30,31). The van der Waals surface area contributed by atoms with Crippen molar-refractivity contribution in [2.75, 3.05) is 24.8 Å². The van der Waals surface area contributed by atoms with Gasteiger partial charge in [-0.3, -0.25) is 14.2 Å². The maximum atomic E-state index is 14.2. The Bertz CT molecular complexity index is 1530. The van der Waals surface area contributed by atoms with E-state index in [0.29, 0.717) is 5.82 Å². The third-order valence-electron chi connectivity index (χ3n) is 6.08. The molecule has 4 aromatic heterocycles. The fourth-order valence-corrected chi connectivity index (χ4v) is 4.00. The van der Waals surface area contributed by atoms with E-state index in [0.717, 1.165) is 17.4 Å². The zero-order chi connectivity index (χ0) is 25.2. The number of pyridine rings is 2. The monoisotopic (exact) mass is 490 g/mol. The SMILES string of the molecule is CNc1cc(Nc2cccn(-c3ncccc3F)c2=O)nc2c(C(=O)N=CC3CCC3OC)cnn12. The van der Waals surface area contributed by atoms with E-state index in [4.69, 9.17) is 4.74 Å². The Labute approximate surface area is 204 Å². The Morgan fingerprint density at radius 2 is 2.17 bits per heavy atom.